The van der Waals surface area contributed by atoms with Crippen molar-refractivity contribution in [1.82, 2.24) is 20.5 Å². The molecule has 1 amide bonds. The van der Waals surface area contributed by atoms with Crippen LogP contribution in [0.15, 0.2) is 41.8 Å². The van der Waals surface area contributed by atoms with Crippen molar-refractivity contribution in [2.24, 2.45) is 5.16 Å². The zero-order valence-electron chi connectivity index (χ0n) is 11.5. The molecule has 1 aliphatic heterocycles. The van der Waals surface area contributed by atoms with E-state index in [4.69, 9.17) is 4.84 Å². The quantitative estimate of drug-likeness (QED) is 0.882. The third-order valence-corrected chi connectivity index (χ3v) is 3.27. The molecule has 2 unspecified atom stereocenters. The number of nitrogens with one attached hydrogen (secondary N) is 2. The van der Waals surface area contributed by atoms with Gasteiger partial charge in [-0.05, 0) is 12.5 Å². The minimum Gasteiger partial charge on any atom is -0.382 e. The van der Waals surface area contributed by atoms with Gasteiger partial charge in [-0.1, -0.05) is 35.5 Å². The number of carbonyl (C=O) groups is 1. The molecule has 7 heteroatoms. The van der Waals surface area contributed by atoms with Gasteiger partial charge in [-0.15, -0.1) is 0 Å². The highest BCUT2D eigenvalue weighted by molar-refractivity contribution is 6.04. The number of rotatable bonds is 4. The fraction of sp³-hybridized carbons (Fsp3) is 0.286. The molecule has 0 bridgehead atoms. The molecule has 2 N–H and O–H groups in total. The number of aromatic amines is 1. The summed E-state index contributed by atoms with van der Waals surface area (Å²) in [5.41, 5.74) is 1.75. The van der Waals surface area contributed by atoms with E-state index in [-0.39, 0.29) is 11.9 Å². The second kappa shape index (κ2) is 5.74. The van der Waals surface area contributed by atoms with Crippen LogP contribution < -0.4 is 5.32 Å². The van der Waals surface area contributed by atoms with E-state index in [1.807, 2.05) is 37.3 Å². The monoisotopic (exact) mass is 285 g/mol. The normalized spacial score (nSPS) is 18.7. The average molecular weight is 285 g/mol. The van der Waals surface area contributed by atoms with E-state index in [9.17, 15) is 4.79 Å². The molecular formula is C14H15N5O2. The molecule has 0 saturated heterocycles. The molecule has 0 fully saturated rings. The van der Waals surface area contributed by atoms with Crippen molar-refractivity contribution in [3.63, 3.8) is 0 Å². The second-order valence-corrected chi connectivity index (χ2v) is 4.80. The molecule has 7 nitrogen and oxygen atoms in total. The summed E-state index contributed by atoms with van der Waals surface area (Å²) in [6, 6.07) is 9.42. The second-order valence-electron chi connectivity index (χ2n) is 4.80. The average Bonchev–Trinajstić information content (AvgIpc) is 3.20. The van der Waals surface area contributed by atoms with Crippen molar-refractivity contribution in [2.75, 3.05) is 0 Å². The Morgan fingerprint density at radius 2 is 2.24 bits per heavy atom. The number of aromatic nitrogens is 3. The van der Waals surface area contributed by atoms with Gasteiger partial charge in [0.1, 0.15) is 12.2 Å². The summed E-state index contributed by atoms with van der Waals surface area (Å²) >= 11 is 0. The van der Waals surface area contributed by atoms with Crippen LogP contribution in [0.4, 0.5) is 0 Å². The Bertz CT molecular complexity index is 639. The lowest BCUT2D eigenvalue weighted by molar-refractivity contribution is -0.131. The summed E-state index contributed by atoms with van der Waals surface area (Å²) in [5.74, 6) is 0.388. The Kier molecular flexibility index (Phi) is 3.63. The molecule has 108 valence electrons. The van der Waals surface area contributed by atoms with Gasteiger partial charge in [0, 0.05) is 6.42 Å². The maximum atomic E-state index is 12.2. The van der Waals surface area contributed by atoms with Gasteiger partial charge in [-0.2, -0.15) is 5.10 Å². The van der Waals surface area contributed by atoms with Crippen molar-refractivity contribution in [1.29, 1.82) is 0 Å². The van der Waals surface area contributed by atoms with Gasteiger partial charge < -0.3 is 10.2 Å². The topological polar surface area (TPSA) is 92.3 Å². The maximum absolute atomic E-state index is 12.2. The van der Waals surface area contributed by atoms with Crippen molar-refractivity contribution >= 4 is 11.6 Å². The van der Waals surface area contributed by atoms with E-state index in [2.05, 4.69) is 25.7 Å². The van der Waals surface area contributed by atoms with Crippen LogP contribution in [0.25, 0.3) is 0 Å². The lowest BCUT2D eigenvalue weighted by Gasteiger charge is -2.13. The Labute approximate surface area is 121 Å². The molecule has 1 aliphatic rings. The predicted octanol–water partition coefficient (Wildman–Crippen LogP) is 1.18. The molecule has 21 heavy (non-hydrogen) atoms. The Balaban J connectivity index is 1.59. The van der Waals surface area contributed by atoms with Gasteiger partial charge in [0.25, 0.3) is 5.91 Å². The number of oxime groups is 1. The largest absolute Gasteiger partial charge is 0.382 e. The number of hydrogen-bond donors (Lipinski definition) is 2. The zero-order valence-corrected chi connectivity index (χ0v) is 11.5. The lowest BCUT2D eigenvalue weighted by Crippen LogP contribution is -2.36. The van der Waals surface area contributed by atoms with Crippen LogP contribution >= 0.6 is 0 Å². The first-order valence-electron chi connectivity index (χ1n) is 6.68. The highest BCUT2D eigenvalue weighted by Gasteiger charge is 2.30. The van der Waals surface area contributed by atoms with Gasteiger partial charge in [-0.25, -0.2) is 4.98 Å². The van der Waals surface area contributed by atoms with Crippen LogP contribution in [0.2, 0.25) is 0 Å². The van der Waals surface area contributed by atoms with Gasteiger partial charge >= 0.3 is 0 Å². The first kappa shape index (κ1) is 13.3. The van der Waals surface area contributed by atoms with E-state index >= 15 is 0 Å². The number of benzene rings is 1. The minimum atomic E-state index is -0.606. The van der Waals surface area contributed by atoms with Crippen molar-refractivity contribution in [3.05, 3.63) is 48.0 Å². The number of carbonyl (C=O) groups excluding carboxylic acids is 1. The van der Waals surface area contributed by atoms with Crippen LogP contribution in [-0.4, -0.2) is 32.9 Å². The van der Waals surface area contributed by atoms with Crippen LogP contribution in [0.3, 0.4) is 0 Å². The highest BCUT2D eigenvalue weighted by atomic mass is 16.6. The first-order chi connectivity index (χ1) is 10.2. The summed E-state index contributed by atoms with van der Waals surface area (Å²) in [6.07, 6.45) is 1.25. The Hall–Kier alpha value is -2.70. The van der Waals surface area contributed by atoms with E-state index < -0.39 is 6.10 Å². The van der Waals surface area contributed by atoms with Crippen molar-refractivity contribution in [2.45, 2.75) is 25.5 Å². The third-order valence-electron chi connectivity index (χ3n) is 3.27. The molecule has 0 aliphatic carbocycles. The Morgan fingerprint density at radius 3 is 2.95 bits per heavy atom. The molecular weight excluding hydrogens is 270 g/mol. The summed E-state index contributed by atoms with van der Waals surface area (Å²) in [6.45, 7) is 1.83. The molecule has 0 saturated carbocycles. The van der Waals surface area contributed by atoms with E-state index in [1.165, 1.54) is 6.33 Å². The standard InChI is InChI=1S/C14H15N5O2/c1-9(13-15-8-16-18-13)17-14(20)12-7-11(19-21-12)10-5-3-2-4-6-10/h2-6,8-9,12H,7H2,1H3,(H,17,20)(H,15,16,18). The van der Waals surface area contributed by atoms with E-state index in [0.717, 1.165) is 11.3 Å². The third kappa shape index (κ3) is 2.91. The summed E-state index contributed by atoms with van der Waals surface area (Å²) in [5, 5.41) is 13.3. The highest BCUT2D eigenvalue weighted by Crippen LogP contribution is 2.17. The van der Waals surface area contributed by atoms with Crippen LogP contribution in [-0.2, 0) is 9.63 Å². The predicted molar refractivity (Wildman–Crippen MR) is 75.4 cm³/mol. The number of hydrogen-bond acceptors (Lipinski definition) is 5. The SMILES string of the molecule is CC(NC(=O)C1CC(c2ccccc2)=NO1)c1ncn[nH]1. The maximum Gasteiger partial charge on any atom is 0.264 e. The number of amides is 1. The van der Waals surface area contributed by atoms with E-state index in [1.54, 1.807) is 0 Å². The molecule has 2 atom stereocenters. The lowest BCUT2D eigenvalue weighted by atomic mass is 10.0. The number of nitrogens with zero attached hydrogens (tertiary/aromatic N) is 3. The van der Waals surface area contributed by atoms with E-state index in [0.29, 0.717) is 12.2 Å². The summed E-state index contributed by atoms with van der Waals surface area (Å²) in [4.78, 5) is 21.4. The molecule has 1 aromatic carbocycles. The van der Waals surface area contributed by atoms with Gasteiger partial charge in [0.2, 0.25) is 6.10 Å². The molecule has 1 aromatic heterocycles. The van der Waals surface area contributed by atoms with Gasteiger partial charge in [-0.3, -0.25) is 9.89 Å². The first-order valence-corrected chi connectivity index (χ1v) is 6.68. The zero-order chi connectivity index (χ0) is 14.7. The van der Waals surface area contributed by atoms with Crippen LogP contribution in [0.1, 0.15) is 30.8 Å². The minimum absolute atomic E-state index is 0.214. The summed E-state index contributed by atoms with van der Waals surface area (Å²) < 4.78 is 0. The molecule has 3 rings (SSSR count). The molecule has 0 radical (unpaired) electrons. The fourth-order valence-electron chi connectivity index (χ4n) is 2.12. The summed E-state index contributed by atoms with van der Waals surface area (Å²) in [7, 11) is 0. The molecule has 2 aromatic rings. The smallest absolute Gasteiger partial charge is 0.264 e. The number of H-pyrrole nitrogens is 1. The fourth-order valence-corrected chi connectivity index (χ4v) is 2.12. The molecule has 2 heterocycles. The Morgan fingerprint density at radius 1 is 1.43 bits per heavy atom. The van der Waals surface area contributed by atoms with Crippen molar-refractivity contribution in [3.8, 4) is 0 Å². The van der Waals surface area contributed by atoms with Gasteiger partial charge in [0.15, 0.2) is 0 Å². The van der Waals surface area contributed by atoms with Crippen molar-refractivity contribution < 1.29 is 9.63 Å². The van der Waals surface area contributed by atoms with Gasteiger partial charge in [0.05, 0.1) is 11.8 Å². The van der Waals surface area contributed by atoms with Crippen LogP contribution in [0, 0.1) is 0 Å². The van der Waals surface area contributed by atoms with Crippen LogP contribution in [0.5, 0.6) is 0 Å². The molecule has 0 spiro atoms.